The van der Waals surface area contributed by atoms with Crippen LogP contribution in [0.4, 0.5) is 0 Å². The molecule has 0 aromatic carbocycles. The fraction of sp³-hybridized carbons (Fsp3) is 0.727. The topological polar surface area (TPSA) is 67.2 Å². The molecule has 1 aromatic heterocycles. The predicted molar refractivity (Wildman–Crippen MR) is 73.6 cm³/mol. The summed E-state index contributed by atoms with van der Waals surface area (Å²) in [6.45, 7) is 2.47. The fourth-order valence-corrected chi connectivity index (χ4v) is 3.68. The third-order valence-corrected chi connectivity index (χ3v) is 5.40. The quantitative estimate of drug-likeness (QED) is 0.889. The van der Waals surface area contributed by atoms with E-state index in [9.17, 15) is 8.42 Å². The van der Waals surface area contributed by atoms with E-state index >= 15 is 0 Å². The van der Waals surface area contributed by atoms with E-state index in [2.05, 4.69) is 21.7 Å². The highest BCUT2D eigenvalue weighted by Gasteiger charge is 2.24. The van der Waals surface area contributed by atoms with Crippen molar-refractivity contribution in [2.75, 3.05) is 26.7 Å². The van der Waals surface area contributed by atoms with Crippen LogP contribution in [0, 0.1) is 5.92 Å². The highest BCUT2D eigenvalue weighted by atomic mass is 35.5. The normalized spacial score (nSPS) is 18.9. The SMILES string of the molecule is CN1CCC(CNS(=O)(=O)c2ncn(C)c2Cl)CC1. The van der Waals surface area contributed by atoms with E-state index in [4.69, 9.17) is 11.6 Å². The molecule has 1 saturated heterocycles. The average Bonchev–Trinajstić information content (AvgIpc) is 2.70. The zero-order valence-corrected chi connectivity index (χ0v) is 12.7. The minimum atomic E-state index is -3.61. The molecule has 1 aliphatic heterocycles. The first kappa shape index (κ1) is 14.8. The molecule has 1 aliphatic rings. The van der Waals surface area contributed by atoms with E-state index in [-0.39, 0.29) is 10.2 Å². The van der Waals surface area contributed by atoms with Crippen LogP contribution in [0.3, 0.4) is 0 Å². The number of hydrogen-bond acceptors (Lipinski definition) is 4. The van der Waals surface area contributed by atoms with E-state index in [1.54, 1.807) is 7.05 Å². The second-order valence-electron chi connectivity index (χ2n) is 5.05. The molecular formula is C11H19ClN4O2S. The molecule has 1 aromatic rings. The van der Waals surface area contributed by atoms with E-state index < -0.39 is 10.0 Å². The van der Waals surface area contributed by atoms with Gasteiger partial charge in [-0.05, 0) is 38.9 Å². The van der Waals surface area contributed by atoms with Gasteiger partial charge in [-0.15, -0.1) is 0 Å². The molecule has 2 rings (SSSR count). The lowest BCUT2D eigenvalue weighted by Gasteiger charge is -2.28. The lowest BCUT2D eigenvalue weighted by molar-refractivity contribution is 0.220. The molecule has 0 atom stereocenters. The summed E-state index contributed by atoms with van der Waals surface area (Å²) in [5, 5.41) is 0.0421. The van der Waals surface area contributed by atoms with Gasteiger partial charge < -0.3 is 9.47 Å². The van der Waals surface area contributed by atoms with Crippen molar-refractivity contribution >= 4 is 21.6 Å². The summed E-state index contributed by atoms with van der Waals surface area (Å²) in [5.41, 5.74) is 0. The van der Waals surface area contributed by atoms with Crippen molar-refractivity contribution in [1.82, 2.24) is 19.2 Å². The zero-order valence-electron chi connectivity index (χ0n) is 11.1. The largest absolute Gasteiger partial charge is 0.324 e. The van der Waals surface area contributed by atoms with Crippen LogP contribution in [-0.2, 0) is 17.1 Å². The van der Waals surface area contributed by atoms with Gasteiger partial charge >= 0.3 is 0 Å². The van der Waals surface area contributed by atoms with Crippen molar-refractivity contribution < 1.29 is 8.42 Å². The first-order chi connectivity index (χ1) is 8.90. The minimum Gasteiger partial charge on any atom is -0.324 e. The number of halogens is 1. The number of aromatic nitrogens is 2. The number of nitrogens with one attached hydrogen (secondary N) is 1. The van der Waals surface area contributed by atoms with Crippen molar-refractivity contribution in [3.63, 3.8) is 0 Å². The molecule has 0 radical (unpaired) electrons. The molecular weight excluding hydrogens is 288 g/mol. The smallest absolute Gasteiger partial charge is 0.261 e. The summed E-state index contributed by atoms with van der Waals surface area (Å²) in [7, 11) is 0.125. The molecule has 0 aliphatic carbocycles. The molecule has 1 N–H and O–H groups in total. The van der Waals surface area contributed by atoms with Gasteiger partial charge in [-0.2, -0.15) is 0 Å². The van der Waals surface area contributed by atoms with Crippen LogP contribution in [-0.4, -0.2) is 49.6 Å². The lowest BCUT2D eigenvalue weighted by atomic mass is 9.98. The molecule has 0 bridgehead atoms. The number of aryl methyl sites for hydroxylation is 1. The maximum absolute atomic E-state index is 12.1. The third-order valence-electron chi connectivity index (χ3n) is 3.49. The van der Waals surface area contributed by atoms with Crippen molar-refractivity contribution in [3.8, 4) is 0 Å². The van der Waals surface area contributed by atoms with Gasteiger partial charge in [0.05, 0.1) is 6.33 Å². The Hall–Kier alpha value is -0.630. The number of imidazole rings is 1. The van der Waals surface area contributed by atoms with Crippen LogP contribution in [0.1, 0.15) is 12.8 Å². The molecule has 108 valence electrons. The second kappa shape index (κ2) is 5.78. The van der Waals surface area contributed by atoms with Crippen molar-refractivity contribution in [2.24, 2.45) is 13.0 Å². The molecule has 0 unspecified atom stereocenters. The van der Waals surface area contributed by atoms with Crippen molar-refractivity contribution in [1.29, 1.82) is 0 Å². The first-order valence-electron chi connectivity index (χ1n) is 6.25. The standard InChI is InChI=1S/C11H19ClN4O2S/c1-15-5-3-9(4-6-15)7-14-19(17,18)11-10(12)16(2)8-13-11/h8-9,14H,3-7H2,1-2H3. The molecule has 6 nitrogen and oxygen atoms in total. The van der Waals surface area contributed by atoms with E-state index in [1.165, 1.54) is 10.9 Å². The molecule has 2 heterocycles. The van der Waals surface area contributed by atoms with E-state index in [1.807, 2.05) is 0 Å². The molecule has 8 heteroatoms. The average molecular weight is 307 g/mol. The Labute approximate surface area is 118 Å². The van der Waals surface area contributed by atoms with Gasteiger partial charge in [0.15, 0.2) is 0 Å². The van der Waals surface area contributed by atoms with Crippen molar-refractivity contribution in [2.45, 2.75) is 17.9 Å². The Morgan fingerprint density at radius 1 is 1.42 bits per heavy atom. The second-order valence-corrected chi connectivity index (χ2v) is 7.09. The van der Waals surface area contributed by atoms with E-state index in [0.717, 1.165) is 25.9 Å². The summed E-state index contributed by atoms with van der Waals surface area (Å²) < 4.78 is 28.3. The van der Waals surface area contributed by atoms with Gasteiger partial charge in [-0.25, -0.2) is 18.1 Å². The summed E-state index contributed by atoms with van der Waals surface area (Å²) in [6, 6.07) is 0. The maximum Gasteiger partial charge on any atom is 0.261 e. The third kappa shape index (κ3) is 3.47. The fourth-order valence-electron chi connectivity index (χ4n) is 2.14. The number of likely N-dealkylation sites (tertiary alicyclic amines) is 1. The molecule has 0 spiro atoms. The minimum absolute atomic E-state index is 0.0930. The van der Waals surface area contributed by atoms with Gasteiger partial charge in [-0.3, -0.25) is 0 Å². The summed E-state index contributed by atoms with van der Waals surface area (Å²) in [4.78, 5) is 6.09. The van der Waals surface area contributed by atoms with Crippen LogP contribution in [0.25, 0.3) is 0 Å². The molecule has 0 amide bonds. The summed E-state index contributed by atoms with van der Waals surface area (Å²) in [6.07, 6.45) is 3.41. The number of rotatable bonds is 4. The highest BCUT2D eigenvalue weighted by Crippen LogP contribution is 2.20. The highest BCUT2D eigenvalue weighted by molar-refractivity contribution is 7.89. The number of hydrogen-bond donors (Lipinski definition) is 1. The van der Waals surface area contributed by atoms with Crippen molar-refractivity contribution in [3.05, 3.63) is 11.5 Å². The van der Waals surface area contributed by atoms with Crippen LogP contribution in [0.5, 0.6) is 0 Å². The number of nitrogens with zero attached hydrogens (tertiary/aromatic N) is 3. The van der Waals surface area contributed by atoms with Gasteiger partial charge in [0.25, 0.3) is 10.0 Å². The number of piperidine rings is 1. The maximum atomic E-state index is 12.1. The summed E-state index contributed by atoms with van der Waals surface area (Å²) >= 11 is 5.91. The number of sulfonamides is 1. The molecule has 19 heavy (non-hydrogen) atoms. The Balaban J connectivity index is 1.97. The monoisotopic (exact) mass is 306 g/mol. The van der Waals surface area contributed by atoms with Crippen LogP contribution >= 0.6 is 11.6 Å². The van der Waals surface area contributed by atoms with Crippen LogP contribution in [0.15, 0.2) is 11.4 Å². The Morgan fingerprint density at radius 3 is 2.58 bits per heavy atom. The van der Waals surface area contributed by atoms with Gasteiger partial charge in [0, 0.05) is 13.6 Å². The molecule has 1 fully saturated rings. The first-order valence-corrected chi connectivity index (χ1v) is 8.11. The lowest BCUT2D eigenvalue weighted by Crippen LogP contribution is -2.37. The van der Waals surface area contributed by atoms with Gasteiger partial charge in [0.1, 0.15) is 5.15 Å². The molecule has 0 saturated carbocycles. The Morgan fingerprint density at radius 2 is 2.05 bits per heavy atom. The Bertz CT molecular complexity index is 535. The van der Waals surface area contributed by atoms with E-state index in [0.29, 0.717) is 12.5 Å². The Kier molecular flexibility index (Phi) is 4.50. The summed E-state index contributed by atoms with van der Waals surface area (Å²) in [5.74, 6) is 0.383. The van der Waals surface area contributed by atoms with Crippen LogP contribution < -0.4 is 4.72 Å². The van der Waals surface area contributed by atoms with Gasteiger partial charge in [-0.1, -0.05) is 11.6 Å². The van der Waals surface area contributed by atoms with Gasteiger partial charge in [0.2, 0.25) is 5.03 Å². The predicted octanol–water partition coefficient (Wildman–Crippen LogP) is 0.694. The van der Waals surface area contributed by atoms with Crippen LogP contribution in [0.2, 0.25) is 5.15 Å². The zero-order chi connectivity index (χ0) is 14.0.